The summed E-state index contributed by atoms with van der Waals surface area (Å²) in [5, 5.41) is -0.178. The molecule has 108 valence electrons. The topological polar surface area (TPSA) is 49.2 Å². The van der Waals surface area contributed by atoms with Crippen molar-refractivity contribution in [3.63, 3.8) is 0 Å². The largest absolute Gasteiger partial charge is 0.481 e. The van der Waals surface area contributed by atoms with Gasteiger partial charge in [0.1, 0.15) is 11.3 Å². The van der Waals surface area contributed by atoms with Gasteiger partial charge < -0.3 is 14.0 Å². The van der Waals surface area contributed by atoms with Crippen LogP contribution >= 0.6 is 11.6 Å². The maximum Gasteiger partial charge on any atom is 0.215 e. The van der Waals surface area contributed by atoms with Crippen LogP contribution in [-0.4, -0.2) is 34.4 Å². The number of rotatable bonds is 3. The Labute approximate surface area is 122 Å². The van der Waals surface area contributed by atoms with Crippen molar-refractivity contribution in [1.82, 2.24) is 14.5 Å². The summed E-state index contributed by atoms with van der Waals surface area (Å²) in [6.45, 7) is 4.76. The van der Waals surface area contributed by atoms with Crippen LogP contribution in [0.25, 0.3) is 11.2 Å². The molecule has 1 fully saturated rings. The number of fused-ring (bicyclic) bond motifs is 1. The number of methoxy groups -OCH3 is 1. The number of alkyl halides is 1. The minimum Gasteiger partial charge on any atom is -0.481 e. The summed E-state index contributed by atoms with van der Waals surface area (Å²) in [7, 11) is 1.61. The number of ether oxygens (including phenoxy) is 2. The molecular formula is C14H18ClN3O2. The molecule has 3 heterocycles. The van der Waals surface area contributed by atoms with Gasteiger partial charge in [0, 0.05) is 12.7 Å². The van der Waals surface area contributed by atoms with Gasteiger partial charge in [0.05, 0.1) is 24.6 Å². The van der Waals surface area contributed by atoms with E-state index in [1.54, 1.807) is 7.11 Å². The third kappa shape index (κ3) is 2.15. The second kappa shape index (κ2) is 5.22. The van der Waals surface area contributed by atoms with Crippen LogP contribution in [0, 0.1) is 0 Å². The average Bonchev–Trinajstić information content (AvgIpc) is 3.00. The lowest BCUT2D eigenvalue weighted by Gasteiger charge is -2.20. The van der Waals surface area contributed by atoms with E-state index in [4.69, 9.17) is 21.1 Å². The minimum absolute atomic E-state index is 0.134. The van der Waals surface area contributed by atoms with Crippen molar-refractivity contribution >= 4 is 22.8 Å². The van der Waals surface area contributed by atoms with Crippen molar-refractivity contribution in [1.29, 1.82) is 0 Å². The molecule has 1 saturated heterocycles. The van der Waals surface area contributed by atoms with Gasteiger partial charge in [-0.25, -0.2) is 4.98 Å². The molecule has 0 N–H and O–H groups in total. The smallest absolute Gasteiger partial charge is 0.215 e. The highest BCUT2D eigenvalue weighted by atomic mass is 35.5. The van der Waals surface area contributed by atoms with Gasteiger partial charge in [0.2, 0.25) is 5.88 Å². The average molecular weight is 296 g/mol. The van der Waals surface area contributed by atoms with Crippen LogP contribution < -0.4 is 4.74 Å². The first kappa shape index (κ1) is 13.6. The Morgan fingerprint density at radius 2 is 2.25 bits per heavy atom. The Morgan fingerprint density at radius 1 is 1.45 bits per heavy atom. The van der Waals surface area contributed by atoms with Gasteiger partial charge in [-0.2, -0.15) is 4.98 Å². The van der Waals surface area contributed by atoms with E-state index in [0.29, 0.717) is 5.88 Å². The zero-order valence-electron chi connectivity index (χ0n) is 11.8. The van der Waals surface area contributed by atoms with E-state index in [1.807, 2.05) is 19.1 Å². The first-order valence-corrected chi connectivity index (χ1v) is 7.24. The van der Waals surface area contributed by atoms with Crippen LogP contribution in [-0.2, 0) is 4.74 Å². The molecular weight excluding hydrogens is 278 g/mol. The Morgan fingerprint density at radius 3 is 2.85 bits per heavy atom. The molecule has 0 saturated carbocycles. The highest BCUT2D eigenvalue weighted by Crippen LogP contribution is 2.34. The third-order valence-corrected chi connectivity index (χ3v) is 3.97. The van der Waals surface area contributed by atoms with E-state index >= 15 is 0 Å². The maximum absolute atomic E-state index is 6.30. The lowest BCUT2D eigenvalue weighted by atomic mass is 10.1. The molecule has 5 nitrogen and oxygen atoms in total. The fraction of sp³-hybridized carbons (Fsp3) is 0.571. The van der Waals surface area contributed by atoms with E-state index in [9.17, 15) is 0 Å². The lowest BCUT2D eigenvalue weighted by molar-refractivity contribution is 0.108. The first-order chi connectivity index (χ1) is 9.61. The molecule has 0 radical (unpaired) electrons. The van der Waals surface area contributed by atoms with Crippen molar-refractivity contribution in [3.05, 3.63) is 18.0 Å². The Bertz CT molecular complexity index is 626. The number of hydrogen-bond donors (Lipinski definition) is 0. The second-order valence-corrected chi connectivity index (χ2v) is 5.74. The molecule has 3 atom stereocenters. The summed E-state index contributed by atoms with van der Waals surface area (Å²) in [6.07, 6.45) is 1.08. The number of imidazole rings is 1. The quantitative estimate of drug-likeness (QED) is 0.817. The molecule has 0 spiro atoms. The number of pyridine rings is 1. The minimum atomic E-state index is -0.178. The zero-order chi connectivity index (χ0) is 14.3. The number of hydrogen-bond acceptors (Lipinski definition) is 4. The van der Waals surface area contributed by atoms with Gasteiger partial charge in [-0.15, -0.1) is 11.6 Å². The first-order valence-electron chi connectivity index (χ1n) is 6.80. The number of halogens is 1. The van der Waals surface area contributed by atoms with E-state index in [-0.39, 0.29) is 17.5 Å². The summed E-state index contributed by atoms with van der Waals surface area (Å²) in [5.41, 5.74) is 1.65. The lowest BCUT2D eigenvalue weighted by Crippen LogP contribution is -2.19. The molecule has 2 aromatic rings. The van der Waals surface area contributed by atoms with Gasteiger partial charge >= 0.3 is 0 Å². The highest BCUT2D eigenvalue weighted by molar-refractivity contribution is 6.20. The van der Waals surface area contributed by atoms with Crippen LogP contribution in [0.3, 0.4) is 0 Å². The number of nitrogens with zero attached hydrogens (tertiary/aromatic N) is 3. The summed E-state index contributed by atoms with van der Waals surface area (Å²) >= 11 is 6.30. The molecule has 1 aliphatic rings. The van der Waals surface area contributed by atoms with Gasteiger partial charge in [-0.3, -0.25) is 0 Å². The Hall–Kier alpha value is -1.33. The van der Waals surface area contributed by atoms with Crippen LogP contribution in [0.15, 0.2) is 12.1 Å². The van der Waals surface area contributed by atoms with Crippen LogP contribution in [0.2, 0.25) is 0 Å². The SMILES string of the molecule is COc1ccc2nc(C(C)Cl)n(C3CCOC3C)c2n1. The number of aromatic nitrogens is 3. The normalized spacial score (nSPS) is 24.2. The molecule has 6 heteroatoms. The molecule has 0 bridgehead atoms. The summed E-state index contributed by atoms with van der Waals surface area (Å²) in [5.74, 6) is 1.42. The monoisotopic (exact) mass is 295 g/mol. The molecule has 1 aliphatic heterocycles. The van der Waals surface area contributed by atoms with Crippen molar-refractivity contribution in [2.75, 3.05) is 13.7 Å². The summed E-state index contributed by atoms with van der Waals surface area (Å²) < 4.78 is 13.0. The van der Waals surface area contributed by atoms with Gasteiger partial charge in [-0.1, -0.05) is 0 Å². The van der Waals surface area contributed by atoms with Gasteiger partial charge in [0.25, 0.3) is 0 Å². The van der Waals surface area contributed by atoms with E-state index in [2.05, 4.69) is 21.5 Å². The fourth-order valence-corrected chi connectivity index (χ4v) is 2.91. The predicted molar refractivity (Wildman–Crippen MR) is 77.4 cm³/mol. The summed E-state index contributed by atoms with van der Waals surface area (Å²) in [6, 6.07) is 3.95. The van der Waals surface area contributed by atoms with E-state index < -0.39 is 0 Å². The summed E-state index contributed by atoms with van der Waals surface area (Å²) in [4.78, 5) is 9.16. The molecule has 3 rings (SSSR count). The van der Waals surface area contributed by atoms with Crippen molar-refractivity contribution in [3.8, 4) is 5.88 Å². The van der Waals surface area contributed by atoms with E-state index in [1.165, 1.54) is 0 Å². The van der Waals surface area contributed by atoms with Crippen LogP contribution in [0.1, 0.15) is 37.5 Å². The molecule has 0 amide bonds. The highest BCUT2D eigenvalue weighted by Gasteiger charge is 2.31. The molecule has 3 unspecified atom stereocenters. The van der Waals surface area contributed by atoms with Crippen molar-refractivity contribution in [2.24, 2.45) is 0 Å². The van der Waals surface area contributed by atoms with Gasteiger partial charge in [0.15, 0.2) is 5.65 Å². The van der Waals surface area contributed by atoms with Gasteiger partial charge in [-0.05, 0) is 26.3 Å². The maximum atomic E-state index is 6.30. The van der Waals surface area contributed by atoms with Crippen molar-refractivity contribution < 1.29 is 9.47 Å². The zero-order valence-corrected chi connectivity index (χ0v) is 12.6. The Kier molecular flexibility index (Phi) is 3.56. The van der Waals surface area contributed by atoms with Crippen LogP contribution in [0.4, 0.5) is 0 Å². The fourth-order valence-electron chi connectivity index (χ4n) is 2.75. The Balaban J connectivity index is 2.21. The van der Waals surface area contributed by atoms with Crippen LogP contribution in [0.5, 0.6) is 5.88 Å². The predicted octanol–water partition coefficient (Wildman–Crippen LogP) is 3.09. The molecule has 0 aliphatic carbocycles. The molecule has 2 aromatic heterocycles. The molecule has 20 heavy (non-hydrogen) atoms. The molecule has 0 aromatic carbocycles. The van der Waals surface area contributed by atoms with Crippen molar-refractivity contribution in [2.45, 2.75) is 37.8 Å². The standard InChI is InChI=1S/C14H18ClN3O2/c1-8(15)13-16-10-4-5-12(19-3)17-14(10)18(13)11-6-7-20-9(11)2/h4-5,8-9,11H,6-7H2,1-3H3. The second-order valence-electron chi connectivity index (χ2n) is 5.08. The third-order valence-electron chi connectivity index (χ3n) is 3.77. The van der Waals surface area contributed by atoms with E-state index in [0.717, 1.165) is 30.0 Å².